The van der Waals surface area contributed by atoms with E-state index in [2.05, 4.69) is 20.8 Å². The highest BCUT2D eigenvalue weighted by Crippen LogP contribution is 2.25. The van der Waals surface area contributed by atoms with Crippen molar-refractivity contribution in [2.75, 3.05) is 26.2 Å². The van der Waals surface area contributed by atoms with Gasteiger partial charge in [0.15, 0.2) is 5.76 Å². The lowest BCUT2D eigenvalue weighted by Gasteiger charge is -2.33. The summed E-state index contributed by atoms with van der Waals surface area (Å²) in [5.74, 6) is 0.773. The standard InChI is InChI=1S/C20H26N2O4S/c1-15-5-10-18(26-15)19(23)21-11-13-22(14-12-21)27(24,25)17-8-6-16(7-9-17)20(2,3)4/h5-10H,11-14H2,1-4H3. The number of furan rings is 1. The van der Waals surface area contributed by atoms with Crippen molar-refractivity contribution in [3.8, 4) is 0 Å². The molecule has 1 aromatic heterocycles. The average Bonchev–Trinajstić information content (AvgIpc) is 3.07. The van der Waals surface area contributed by atoms with Gasteiger partial charge in [0.1, 0.15) is 5.76 Å². The van der Waals surface area contributed by atoms with Crippen LogP contribution < -0.4 is 0 Å². The molecule has 1 saturated heterocycles. The summed E-state index contributed by atoms with van der Waals surface area (Å²) in [7, 11) is -3.56. The molecule has 27 heavy (non-hydrogen) atoms. The molecule has 3 rings (SSSR count). The minimum atomic E-state index is -3.56. The maximum absolute atomic E-state index is 12.9. The predicted octanol–water partition coefficient (Wildman–Crippen LogP) is 3.03. The average molecular weight is 391 g/mol. The Balaban J connectivity index is 1.68. The fourth-order valence-corrected chi connectivity index (χ4v) is 4.54. The highest BCUT2D eigenvalue weighted by atomic mass is 32.2. The van der Waals surface area contributed by atoms with Gasteiger partial charge in [-0.2, -0.15) is 4.31 Å². The molecule has 2 aromatic rings. The van der Waals surface area contributed by atoms with Crippen molar-refractivity contribution in [2.24, 2.45) is 0 Å². The number of benzene rings is 1. The number of rotatable bonds is 3. The minimum absolute atomic E-state index is 0.0293. The number of piperazine rings is 1. The first-order valence-corrected chi connectivity index (χ1v) is 10.5. The van der Waals surface area contributed by atoms with Gasteiger partial charge in [-0.15, -0.1) is 0 Å². The Bertz CT molecular complexity index is 916. The normalized spacial score (nSPS) is 16.5. The van der Waals surface area contributed by atoms with Gasteiger partial charge >= 0.3 is 0 Å². The van der Waals surface area contributed by atoms with Crippen LogP contribution in [0.4, 0.5) is 0 Å². The molecule has 1 aliphatic rings. The maximum Gasteiger partial charge on any atom is 0.289 e. The monoisotopic (exact) mass is 390 g/mol. The molecule has 146 valence electrons. The first kappa shape index (κ1) is 19.6. The summed E-state index contributed by atoms with van der Waals surface area (Å²) in [6.07, 6.45) is 0. The van der Waals surface area contributed by atoms with Crippen LogP contribution in [-0.4, -0.2) is 49.7 Å². The van der Waals surface area contributed by atoms with Crippen molar-refractivity contribution in [1.82, 2.24) is 9.21 Å². The summed E-state index contributed by atoms with van der Waals surface area (Å²) in [5.41, 5.74) is 1.06. The van der Waals surface area contributed by atoms with Crippen LogP contribution in [0.15, 0.2) is 45.7 Å². The second kappa shape index (κ2) is 7.13. The van der Waals surface area contributed by atoms with E-state index >= 15 is 0 Å². The molecular formula is C20H26N2O4S. The van der Waals surface area contributed by atoms with Crippen LogP contribution in [0.25, 0.3) is 0 Å². The van der Waals surface area contributed by atoms with Crippen molar-refractivity contribution < 1.29 is 17.6 Å². The van der Waals surface area contributed by atoms with Gasteiger partial charge < -0.3 is 9.32 Å². The summed E-state index contributed by atoms with van der Waals surface area (Å²) in [5, 5.41) is 0. The highest BCUT2D eigenvalue weighted by Gasteiger charge is 2.31. The molecule has 1 aromatic carbocycles. The lowest BCUT2D eigenvalue weighted by atomic mass is 9.87. The number of sulfonamides is 1. The summed E-state index contributed by atoms with van der Waals surface area (Å²) in [4.78, 5) is 14.4. The third kappa shape index (κ3) is 4.09. The fraction of sp³-hybridized carbons (Fsp3) is 0.450. The lowest BCUT2D eigenvalue weighted by Crippen LogP contribution is -2.50. The smallest absolute Gasteiger partial charge is 0.289 e. The number of hydrogen-bond donors (Lipinski definition) is 0. The molecule has 0 saturated carbocycles. The van der Waals surface area contributed by atoms with Crippen LogP contribution in [0.3, 0.4) is 0 Å². The summed E-state index contributed by atoms with van der Waals surface area (Å²) in [6, 6.07) is 10.5. The Labute approximate surface area is 160 Å². The molecule has 0 radical (unpaired) electrons. The van der Waals surface area contributed by atoms with Crippen molar-refractivity contribution in [3.63, 3.8) is 0 Å². The summed E-state index contributed by atoms with van der Waals surface area (Å²) >= 11 is 0. The van der Waals surface area contributed by atoms with Gasteiger partial charge in [0, 0.05) is 26.2 Å². The quantitative estimate of drug-likeness (QED) is 0.808. The van der Waals surface area contributed by atoms with Gasteiger partial charge in [0.05, 0.1) is 4.90 Å². The van der Waals surface area contributed by atoms with E-state index in [0.717, 1.165) is 5.56 Å². The molecule has 0 aliphatic carbocycles. The topological polar surface area (TPSA) is 70.8 Å². The highest BCUT2D eigenvalue weighted by molar-refractivity contribution is 7.89. The minimum Gasteiger partial charge on any atom is -0.456 e. The molecule has 0 bridgehead atoms. The number of hydrogen-bond acceptors (Lipinski definition) is 4. The van der Waals surface area contributed by atoms with E-state index in [4.69, 9.17) is 4.42 Å². The SMILES string of the molecule is Cc1ccc(C(=O)N2CCN(S(=O)(=O)c3ccc(C(C)(C)C)cc3)CC2)o1. The molecular weight excluding hydrogens is 364 g/mol. The Hall–Kier alpha value is -2.12. The van der Waals surface area contributed by atoms with Crippen LogP contribution in [0.2, 0.25) is 0 Å². The van der Waals surface area contributed by atoms with Gasteiger partial charge in [-0.25, -0.2) is 8.42 Å². The summed E-state index contributed by atoms with van der Waals surface area (Å²) < 4.78 is 32.6. The molecule has 1 aliphatic heterocycles. The zero-order valence-corrected chi connectivity index (χ0v) is 17.0. The second-order valence-corrected chi connectivity index (χ2v) is 9.82. The molecule has 0 atom stereocenters. The number of carbonyl (C=O) groups is 1. The van der Waals surface area contributed by atoms with E-state index in [0.29, 0.717) is 24.6 Å². The third-order valence-electron chi connectivity index (χ3n) is 4.84. The first-order valence-electron chi connectivity index (χ1n) is 9.05. The van der Waals surface area contributed by atoms with E-state index in [1.807, 2.05) is 12.1 Å². The van der Waals surface area contributed by atoms with Crippen LogP contribution in [0.5, 0.6) is 0 Å². The van der Waals surface area contributed by atoms with E-state index in [9.17, 15) is 13.2 Å². The lowest BCUT2D eigenvalue weighted by molar-refractivity contribution is 0.0664. The molecule has 0 unspecified atom stereocenters. The molecule has 1 fully saturated rings. The van der Waals surface area contributed by atoms with Crippen molar-refractivity contribution in [2.45, 2.75) is 38.0 Å². The molecule has 2 heterocycles. The third-order valence-corrected chi connectivity index (χ3v) is 6.75. The van der Waals surface area contributed by atoms with Crippen LogP contribution >= 0.6 is 0 Å². The number of amides is 1. The Morgan fingerprint density at radius 3 is 2.04 bits per heavy atom. The van der Waals surface area contributed by atoms with Crippen molar-refractivity contribution in [3.05, 3.63) is 53.5 Å². The van der Waals surface area contributed by atoms with Gasteiger partial charge in [-0.05, 0) is 42.2 Å². The Morgan fingerprint density at radius 1 is 0.963 bits per heavy atom. The van der Waals surface area contributed by atoms with Gasteiger partial charge in [0.2, 0.25) is 10.0 Å². The van der Waals surface area contributed by atoms with Gasteiger partial charge in [0.25, 0.3) is 5.91 Å². The van der Waals surface area contributed by atoms with Gasteiger partial charge in [-0.1, -0.05) is 32.9 Å². The largest absolute Gasteiger partial charge is 0.456 e. The fourth-order valence-electron chi connectivity index (χ4n) is 3.11. The zero-order valence-electron chi connectivity index (χ0n) is 16.2. The van der Waals surface area contributed by atoms with Crippen LogP contribution in [0, 0.1) is 6.92 Å². The molecule has 0 spiro atoms. The van der Waals surface area contributed by atoms with E-state index < -0.39 is 10.0 Å². The van der Waals surface area contributed by atoms with Crippen molar-refractivity contribution in [1.29, 1.82) is 0 Å². The van der Waals surface area contributed by atoms with Crippen molar-refractivity contribution >= 4 is 15.9 Å². The summed E-state index contributed by atoms with van der Waals surface area (Å²) in [6.45, 7) is 9.29. The van der Waals surface area contributed by atoms with E-state index in [-0.39, 0.29) is 29.3 Å². The molecule has 6 nitrogen and oxygen atoms in total. The number of aryl methyl sites for hydroxylation is 1. The second-order valence-electron chi connectivity index (χ2n) is 7.88. The zero-order chi connectivity index (χ0) is 19.8. The number of carbonyl (C=O) groups excluding carboxylic acids is 1. The molecule has 7 heteroatoms. The Kier molecular flexibility index (Phi) is 5.18. The maximum atomic E-state index is 12.9. The predicted molar refractivity (Wildman–Crippen MR) is 103 cm³/mol. The first-order chi connectivity index (χ1) is 12.6. The van der Waals surface area contributed by atoms with Crippen LogP contribution in [-0.2, 0) is 15.4 Å². The van der Waals surface area contributed by atoms with Gasteiger partial charge in [-0.3, -0.25) is 4.79 Å². The Morgan fingerprint density at radius 2 is 1.56 bits per heavy atom. The molecule has 1 amide bonds. The van der Waals surface area contributed by atoms with E-state index in [1.165, 1.54) is 4.31 Å². The molecule has 0 N–H and O–H groups in total. The van der Waals surface area contributed by atoms with E-state index in [1.54, 1.807) is 36.1 Å². The van der Waals surface area contributed by atoms with Crippen LogP contribution in [0.1, 0.15) is 42.6 Å². The number of nitrogens with zero attached hydrogens (tertiary/aromatic N) is 2.